The van der Waals surface area contributed by atoms with Crippen LogP contribution in [0.4, 0.5) is 5.82 Å². The summed E-state index contributed by atoms with van der Waals surface area (Å²) in [6.45, 7) is 2.04. The summed E-state index contributed by atoms with van der Waals surface area (Å²) < 4.78 is 0. The van der Waals surface area contributed by atoms with Gasteiger partial charge in [-0.1, -0.05) is 65.7 Å². The molecule has 7 nitrogen and oxygen atoms in total. The number of aromatic nitrogens is 1. The highest BCUT2D eigenvalue weighted by molar-refractivity contribution is 6.42. The molecule has 0 aliphatic carbocycles. The minimum absolute atomic E-state index is 0.203. The number of nitrogens with two attached hydrogens (primary N) is 2. The van der Waals surface area contributed by atoms with E-state index in [1.807, 2.05) is 13.0 Å². The van der Waals surface area contributed by atoms with E-state index in [9.17, 15) is 9.59 Å². The first-order valence-electron chi connectivity index (χ1n) is 10.3. The van der Waals surface area contributed by atoms with Crippen molar-refractivity contribution < 1.29 is 9.59 Å². The number of halogens is 2. The van der Waals surface area contributed by atoms with E-state index in [1.54, 1.807) is 54.6 Å². The van der Waals surface area contributed by atoms with Gasteiger partial charge in [-0.2, -0.15) is 0 Å². The number of nitrogen functional groups attached to an aromatic ring is 1. The molecule has 0 fully saturated rings. The van der Waals surface area contributed by atoms with Crippen LogP contribution < -0.4 is 22.1 Å². The highest BCUT2D eigenvalue weighted by atomic mass is 35.5. The molecule has 0 saturated heterocycles. The first-order chi connectivity index (χ1) is 15.7. The predicted octanol–water partition coefficient (Wildman–Crippen LogP) is 3.32. The Morgan fingerprint density at radius 1 is 1.00 bits per heavy atom. The smallest absolute Gasteiger partial charge is 0.243 e. The molecule has 0 spiro atoms. The van der Waals surface area contributed by atoms with E-state index < -0.39 is 18.0 Å². The number of carbonyl (C=O) groups excluding carboxylic acids is 2. The van der Waals surface area contributed by atoms with Crippen molar-refractivity contribution in [3.63, 3.8) is 0 Å². The second-order valence-corrected chi connectivity index (χ2v) is 8.41. The van der Waals surface area contributed by atoms with Crippen LogP contribution in [0.2, 0.25) is 10.0 Å². The Balaban J connectivity index is 1.76. The van der Waals surface area contributed by atoms with Gasteiger partial charge in [0.1, 0.15) is 17.9 Å². The van der Waals surface area contributed by atoms with Crippen LogP contribution in [-0.2, 0) is 22.6 Å². The average molecular weight is 486 g/mol. The fourth-order valence-corrected chi connectivity index (χ4v) is 3.61. The Labute approximate surface area is 202 Å². The summed E-state index contributed by atoms with van der Waals surface area (Å²) in [4.78, 5) is 30.1. The quantitative estimate of drug-likeness (QED) is 0.389. The number of hydrogen-bond acceptors (Lipinski definition) is 5. The van der Waals surface area contributed by atoms with Crippen LogP contribution in [0.25, 0.3) is 0 Å². The maximum Gasteiger partial charge on any atom is 0.243 e. The van der Waals surface area contributed by atoms with Gasteiger partial charge in [0.2, 0.25) is 11.8 Å². The summed E-state index contributed by atoms with van der Waals surface area (Å²) in [5.74, 6) is -0.431. The Hall–Kier alpha value is -3.13. The van der Waals surface area contributed by atoms with Gasteiger partial charge >= 0.3 is 0 Å². The van der Waals surface area contributed by atoms with E-state index in [1.165, 1.54) is 0 Å². The first kappa shape index (κ1) is 24.5. The predicted molar refractivity (Wildman–Crippen MR) is 131 cm³/mol. The number of anilines is 1. The van der Waals surface area contributed by atoms with Crippen molar-refractivity contribution >= 4 is 40.8 Å². The number of nitrogens with zero attached hydrogens (tertiary/aromatic N) is 1. The zero-order valence-electron chi connectivity index (χ0n) is 18.0. The van der Waals surface area contributed by atoms with E-state index in [4.69, 9.17) is 34.7 Å². The van der Waals surface area contributed by atoms with Crippen LogP contribution in [0.15, 0.2) is 60.7 Å². The molecule has 3 aromatic rings. The largest absolute Gasteiger partial charge is 0.384 e. The highest BCUT2D eigenvalue weighted by Crippen LogP contribution is 2.23. The average Bonchev–Trinajstić information content (AvgIpc) is 2.80. The summed E-state index contributed by atoms with van der Waals surface area (Å²) in [6, 6.07) is 15.7. The maximum absolute atomic E-state index is 13.1. The van der Waals surface area contributed by atoms with Crippen LogP contribution >= 0.6 is 23.2 Å². The highest BCUT2D eigenvalue weighted by Gasteiger charge is 2.25. The summed E-state index contributed by atoms with van der Waals surface area (Å²) in [5.41, 5.74) is 14.7. The lowest BCUT2D eigenvalue weighted by molar-refractivity contribution is -0.129. The number of rotatable bonds is 8. The molecule has 2 unspecified atom stereocenters. The van der Waals surface area contributed by atoms with Crippen molar-refractivity contribution in [2.24, 2.45) is 5.73 Å². The van der Waals surface area contributed by atoms with Gasteiger partial charge < -0.3 is 22.1 Å². The summed E-state index contributed by atoms with van der Waals surface area (Å²) in [7, 11) is 0. The number of pyridine rings is 1. The lowest BCUT2D eigenvalue weighted by Crippen LogP contribution is -2.50. The molecule has 33 heavy (non-hydrogen) atoms. The van der Waals surface area contributed by atoms with E-state index in [-0.39, 0.29) is 18.9 Å². The van der Waals surface area contributed by atoms with Gasteiger partial charge in [0.15, 0.2) is 0 Å². The van der Waals surface area contributed by atoms with Crippen LogP contribution in [-0.4, -0.2) is 22.8 Å². The van der Waals surface area contributed by atoms with Gasteiger partial charge in [-0.3, -0.25) is 9.59 Å². The first-order valence-corrected chi connectivity index (χ1v) is 11.0. The van der Waals surface area contributed by atoms with Crippen molar-refractivity contribution in [2.75, 3.05) is 5.73 Å². The van der Waals surface area contributed by atoms with Crippen LogP contribution in [0.3, 0.4) is 0 Å². The van der Waals surface area contributed by atoms with Crippen LogP contribution in [0.5, 0.6) is 0 Å². The molecule has 1 heterocycles. The SMILES string of the molecule is Cc1nc(N)ccc1CNC(=O)C(Cc1ccc(Cl)c(Cl)c1)NC(=O)C(N)c1ccccc1. The minimum Gasteiger partial charge on any atom is -0.384 e. The summed E-state index contributed by atoms with van der Waals surface area (Å²) >= 11 is 12.1. The Morgan fingerprint density at radius 2 is 1.73 bits per heavy atom. The summed E-state index contributed by atoms with van der Waals surface area (Å²) in [5, 5.41) is 6.40. The van der Waals surface area contributed by atoms with Crippen molar-refractivity contribution in [2.45, 2.75) is 32.0 Å². The molecule has 0 bridgehead atoms. The molecule has 0 saturated carbocycles. The Bertz CT molecular complexity index is 1140. The van der Waals surface area contributed by atoms with E-state index in [0.29, 0.717) is 27.1 Å². The third-order valence-corrected chi connectivity index (χ3v) is 5.91. The van der Waals surface area contributed by atoms with Gasteiger partial charge in [0.25, 0.3) is 0 Å². The molecule has 2 amide bonds. The molecule has 172 valence electrons. The molecule has 0 aliphatic heterocycles. The van der Waals surface area contributed by atoms with Gasteiger partial charge in [0, 0.05) is 18.7 Å². The summed E-state index contributed by atoms with van der Waals surface area (Å²) in [6.07, 6.45) is 0.203. The molecule has 0 radical (unpaired) electrons. The monoisotopic (exact) mass is 485 g/mol. The third kappa shape index (κ3) is 6.68. The molecule has 2 atom stereocenters. The molecule has 6 N–H and O–H groups in total. The molecule has 9 heteroatoms. The van der Waals surface area contributed by atoms with Crippen LogP contribution in [0.1, 0.15) is 28.4 Å². The van der Waals surface area contributed by atoms with Crippen molar-refractivity contribution in [1.82, 2.24) is 15.6 Å². The van der Waals surface area contributed by atoms with Gasteiger partial charge in [-0.05, 0) is 41.8 Å². The molecular weight excluding hydrogens is 461 g/mol. The van der Waals surface area contributed by atoms with E-state index >= 15 is 0 Å². The van der Waals surface area contributed by atoms with Crippen molar-refractivity contribution in [3.05, 3.63) is 93.1 Å². The zero-order chi connectivity index (χ0) is 24.0. The molecule has 0 aliphatic rings. The second kappa shape index (κ2) is 11.1. The van der Waals surface area contributed by atoms with Gasteiger partial charge in [0.05, 0.1) is 10.0 Å². The molecule has 2 aromatic carbocycles. The number of benzene rings is 2. The lowest BCUT2D eigenvalue weighted by atomic mass is 10.0. The standard InChI is InChI=1S/C24H25Cl2N5O2/c1-14-17(8-10-21(27)30-14)13-29-23(32)20(12-15-7-9-18(25)19(26)11-15)31-24(33)22(28)16-5-3-2-4-6-16/h2-11,20,22H,12-13,28H2,1H3,(H2,27,30)(H,29,32)(H,31,33). The zero-order valence-corrected chi connectivity index (χ0v) is 19.5. The second-order valence-electron chi connectivity index (χ2n) is 7.60. The Morgan fingerprint density at radius 3 is 2.39 bits per heavy atom. The van der Waals surface area contributed by atoms with Crippen molar-refractivity contribution in [1.29, 1.82) is 0 Å². The third-order valence-electron chi connectivity index (χ3n) is 5.17. The number of hydrogen-bond donors (Lipinski definition) is 4. The Kier molecular flexibility index (Phi) is 8.27. The van der Waals surface area contributed by atoms with Crippen molar-refractivity contribution in [3.8, 4) is 0 Å². The van der Waals surface area contributed by atoms with Gasteiger partial charge in [-0.15, -0.1) is 0 Å². The number of aryl methyl sites for hydroxylation is 1. The lowest BCUT2D eigenvalue weighted by Gasteiger charge is -2.21. The van der Waals surface area contributed by atoms with Crippen LogP contribution in [0, 0.1) is 6.92 Å². The molecule has 3 rings (SSSR count). The van der Waals surface area contributed by atoms with Gasteiger partial charge in [-0.25, -0.2) is 4.98 Å². The molecular formula is C24H25Cl2N5O2. The molecule has 1 aromatic heterocycles. The fraction of sp³-hybridized carbons (Fsp3) is 0.208. The van der Waals surface area contributed by atoms with E-state index in [0.717, 1.165) is 11.1 Å². The fourth-order valence-electron chi connectivity index (χ4n) is 3.29. The van der Waals surface area contributed by atoms with E-state index in [2.05, 4.69) is 15.6 Å². The normalized spacial score (nSPS) is 12.6. The number of amides is 2. The maximum atomic E-state index is 13.1. The minimum atomic E-state index is -0.918. The number of carbonyl (C=O) groups is 2. The topological polar surface area (TPSA) is 123 Å². The number of nitrogens with one attached hydrogen (secondary N) is 2.